The van der Waals surface area contributed by atoms with E-state index in [1.807, 2.05) is 36.4 Å². The number of piperazine rings is 1. The summed E-state index contributed by atoms with van der Waals surface area (Å²) in [4.78, 5) is 30.0. The number of amides is 2. The van der Waals surface area contributed by atoms with E-state index < -0.39 is 12.0 Å². The molecule has 2 aromatic carbocycles. The molecule has 2 heterocycles. The van der Waals surface area contributed by atoms with Gasteiger partial charge < -0.3 is 20.3 Å². The van der Waals surface area contributed by atoms with Gasteiger partial charge >= 0.3 is 12.0 Å². The van der Waals surface area contributed by atoms with Crippen LogP contribution in [-0.4, -0.2) is 56.2 Å². The first-order chi connectivity index (χ1) is 16.0. The number of hydrogen-bond donors (Lipinski definition) is 2. The quantitative estimate of drug-likeness (QED) is 0.601. The molecule has 1 fully saturated rings. The van der Waals surface area contributed by atoms with Crippen LogP contribution < -0.4 is 15.5 Å². The number of anilines is 1. The van der Waals surface area contributed by atoms with E-state index in [4.69, 9.17) is 27.9 Å². The van der Waals surface area contributed by atoms with Gasteiger partial charge in [0, 0.05) is 54.2 Å². The summed E-state index contributed by atoms with van der Waals surface area (Å²) < 4.78 is 5.34. The minimum atomic E-state index is -0.683. The fraction of sp³-hybridized carbons (Fsp3) is 0.333. The molecule has 1 saturated heterocycles. The van der Waals surface area contributed by atoms with Gasteiger partial charge in [0.2, 0.25) is 0 Å². The molecular formula is C24H26Cl2N4O3. The molecule has 7 nitrogen and oxygen atoms in total. The van der Waals surface area contributed by atoms with Crippen molar-refractivity contribution in [2.75, 3.05) is 44.2 Å². The van der Waals surface area contributed by atoms with Crippen molar-refractivity contribution in [3.05, 3.63) is 75.4 Å². The number of hydrogen-bond acceptors (Lipinski definition) is 5. The third-order valence-corrected chi connectivity index (χ3v) is 6.41. The lowest BCUT2D eigenvalue weighted by molar-refractivity contribution is -0.139. The lowest BCUT2D eigenvalue weighted by Gasteiger charge is -2.38. The Labute approximate surface area is 203 Å². The molecule has 2 aliphatic heterocycles. The number of rotatable bonds is 6. The Morgan fingerprint density at radius 3 is 2.42 bits per heavy atom. The minimum absolute atomic E-state index is 0.235. The first kappa shape index (κ1) is 23.4. The summed E-state index contributed by atoms with van der Waals surface area (Å²) >= 11 is 12.4. The van der Waals surface area contributed by atoms with E-state index in [1.165, 1.54) is 0 Å². The zero-order chi connectivity index (χ0) is 23.4. The predicted molar refractivity (Wildman–Crippen MR) is 130 cm³/mol. The van der Waals surface area contributed by atoms with Gasteiger partial charge in [-0.3, -0.25) is 4.90 Å². The van der Waals surface area contributed by atoms with E-state index in [0.717, 1.165) is 31.9 Å². The topological polar surface area (TPSA) is 73.9 Å². The van der Waals surface area contributed by atoms with Crippen LogP contribution in [0.3, 0.4) is 0 Å². The zero-order valence-corrected chi connectivity index (χ0v) is 19.8. The van der Waals surface area contributed by atoms with Crippen LogP contribution in [0.25, 0.3) is 0 Å². The number of ether oxygens (including phenoxy) is 1. The minimum Gasteiger partial charge on any atom is -0.463 e. The second kappa shape index (κ2) is 10.5. The van der Waals surface area contributed by atoms with E-state index >= 15 is 0 Å². The Morgan fingerprint density at radius 2 is 1.76 bits per heavy atom. The highest BCUT2D eigenvalue weighted by atomic mass is 35.5. The number of benzene rings is 2. The van der Waals surface area contributed by atoms with E-state index in [2.05, 4.69) is 20.4 Å². The third-order valence-electron chi connectivity index (χ3n) is 5.81. The number of esters is 1. The van der Waals surface area contributed by atoms with Gasteiger partial charge in [-0.1, -0.05) is 41.4 Å². The lowest BCUT2D eigenvalue weighted by atomic mass is 9.94. The standard InChI is InChI=1S/C24H26Cl2N4O3/c1-2-33-23(31)21-20(27-24(32)28-22(21)18-5-3-4-6-19(18)26)15-29-11-13-30(14-12-29)17-9-7-16(25)8-10-17/h3-10,22H,2,11-15H2,1H3,(H2,27,28,32)/t22-/m0/s1. The first-order valence-electron chi connectivity index (χ1n) is 10.9. The van der Waals surface area contributed by atoms with Gasteiger partial charge in [-0.05, 0) is 42.8 Å². The molecule has 0 bridgehead atoms. The van der Waals surface area contributed by atoms with Crippen LogP contribution in [0.1, 0.15) is 18.5 Å². The summed E-state index contributed by atoms with van der Waals surface area (Å²) in [6, 6.07) is 13.9. The van der Waals surface area contributed by atoms with Crippen LogP contribution in [-0.2, 0) is 9.53 Å². The van der Waals surface area contributed by atoms with Crippen molar-refractivity contribution in [1.82, 2.24) is 15.5 Å². The van der Waals surface area contributed by atoms with E-state index in [9.17, 15) is 9.59 Å². The van der Waals surface area contributed by atoms with Crippen LogP contribution in [0, 0.1) is 0 Å². The van der Waals surface area contributed by atoms with Crippen molar-refractivity contribution < 1.29 is 14.3 Å². The summed E-state index contributed by atoms with van der Waals surface area (Å²) in [5.41, 5.74) is 2.70. The van der Waals surface area contributed by atoms with Crippen molar-refractivity contribution >= 4 is 40.9 Å². The smallest absolute Gasteiger partial charge is 0.338 e. The Kier molecular flexibility index (Phi) is 7.42. The molecular weight excluding hydrogens is 463 g/mol. The number of nitrogens with zero attached hydrogens (tertiary/aromatic N) is 2. The molecule has 33 heavy (non-hydrogen) atoms. The maximum atomic E-state index is 13.0. The monoisotopic (exact) mass is 488 g/mol. The molecule has 0 aliphatic carbocycles. The van der Waals surface area contributed by atoms with Crippen molar-refractivity contribution in [2.24, 2.45) is 0 Å². The summed E-state index contributed by atoms with van der Waals surface area (Å²) in [5, 5.41) is 6.86. The van der Waals surface area contributed by atoms with Gasteiger partial charge in [-0.15, -0.1) is 0 Å². The second-order valence-corrected chi connectivity index (χ2v) is 8.75. The molecule has 0 unspecified atom stereocenters. The normalized spacial score (nSPS) is 19.2. The molecule has 2 aliphatic rings. The van der Waals surface area contributed by atoms with Crippen molar-refractivity contribution in [3.63, 3.8) is 0 Å². The molecule has 174 valence electrons. The van der Waals surface area contributed by atoms with Gasteiger partial charge in [0.05, 0.1) is 18.2 Å². The SMILES string of the molecule is CCOC(=O)C1=C(CN2CCN(c3ccc(Cl)cc3)CC2)NC(=O)N[C@H]1c1ccccc1Cl. The van der Waals surface area contributed by atoms with E-state index in [0.29, 0.717) is 33.4 Å². The van der Waals surface area contributed by atoms with Gasteiger partial charge in [-0.2, -0.15) is 0 Å². The van der Waals surface area contributed by atoms with Crippen molar-refractivity contribution in [1.29, 1.82) is 0 Å². The number of carbonyl (C=O) groups is 2. The average molecular weight is 489 g/mol. The van der Waals surface area contributed by atoms with Crippen LogP contribution in [0.2, 0.25) is 10.0 Å². The average Bonchev–Trinajstić information content (AvgIpc) is 2.80. The molecule has 0 aromatic heterocycles. The Morgan fingerprint density at radius 1 is 1.06 bits per heavy atom. The molecule has 0 saturated carbocycles. The Bertz CT molecular complexity index is 1050. The number of urea groups is 1. The van der Waals surface area contributed by atoms with Gasteiger partial charge in [0.25, 0.3) is 0 Å². The molecule has 4 rings (SSSR count). The summed E-state index contributed by atoms with van der Waals surface area (Å²) in [7, 11) is 0. The first-order valence-corrected chi connectivity index (χ1v) is 11.7. The summed E-state index contributed by atoms with van der Waals surface area (Å²) in [5.74, 6) is -0.468. The molecule has 1 atom stereocenters. The third kappa shape index (κ3) is 5.43. The maximum Gasteiger partial charge on any atom is 0.338 e. The zero-order valence-electron chi connectivity index (χ0n) is 18.3. The highest BCUT2D eigenvalue weighted by molar-refractivity contribution is 6.31. The van der Waals surface area contributed by atoms with Crippen molar-refractivity contribution in [2.45, 2.75) is 13.0 Å². The van der Waals surface area contributed by atoms with E-state index in [1.54, 1.807) is 19.1 Å². The van der Waals surface area contributed by atoms with Crippen LogP contribution in [0.4, 0.5) is 10.5 Å². The molecule has 2 N–H and O–H groups in total. The number of nitrogens with one attached hydrogen (secondary N) is 2. The van der Waals surface area contributed by atoms with Gasteiger partial charge in [0.1, 0.15) is 0 Å². The lowest BCUT2D eigenvalue weighted by Crippen LogP contribution is -2.51. The maximum absolute atomic E-state index is 13.0. The predicted octanol–water partition coefficient (Wildman–Crippen LogP) is 3.99. The molecule has 2 aromatic rings. The molecule has 0 radical (unpaired) electrons. The highest BCUT2D eigenvalue weighted by Crippen LogP contribution is 2.32. The van der Waals surface area contributed by atoms with Crippen molar-refractivity contribution in [3.8, 4) is 0 Å². The molecule has 2 amide bonds. The number of carbonyl (C=O) groups excluding carboxylic acids is 2. The van der Waals surface area contributed by atoms with Gasteiger partial charge in [-0.25, -0.2) is 9.59 Å². The molecule has 0 spiro atoms. The number of halogens is 2. The Balaban J connectivity index is 1.56. The molecule has 9 heteroatoms. The fourth-order valence-corrected chi connectivity index (χ4v) is 4.55. The van der Waals surface area contributed by atoms with Crippen LogP contribution in [0.5, 0.6) is 0 Å². The second-order valence-electron chi connectivity index (χ2n) is 7.91. The summed E-state index contributed by atoms with van der Waals surface area (Å²) in [6.07, 6.45) is 0. The highest BCUT2D eigenvalue weighted by Gasteiger charge is 2.35. The Hall–Kier alpha value is -2.74. The summed E-state index contributed by atoms with van der Waals surface area (Å²) in [6.45, 7) is 5.63. The largest absolute Gasteiger partial charge is 0.463 e. The fourth-order valence-electron chi connectivity index (χ4n) is 4.17. The van der Waals surface area contributed by atoms with Gasteiger partial charge in [0.15, 0.2) is 0 Å². The van der Waals surface area contributed by atoms with Crippen LogP contribution >= 0.6 is 23.2 Å². The van der Waals surface area contributed by atoms with Crippen LogP contribution in [0.15, 0.2) is 59.8 Å². The van der Waals surface area contributed by atoms with E-state index in [-0.39, 0.29) is 12.6 Å².